The Morgan fingerprint density at radius 2 is 2.03 bits per heavy atom. The van der Waals surface area contributed by atoms with Gasteiger partial charge in [0, 0.05) is 19.5 Å². The van der Waals surface area contributed by atoms with Gasteiger partial charge < -0.3 is 15.4 Å². The number of ether oxygens (including phenoxy) is 1. The SMILES string of the molecule is CCCCN(C(=O)CCc1ccc(OC)c(Br)c1)c1c(N)n(CC(C)C)c(=O)[nH]c1=O. The summed E-state index contributed by atoms with van der Waals surface area (Å²) < 4.78 is 7.38. The number of aryl methyl sites for hydroxylation is 1. The summed E-state index contributed by atoms with van der Waals surface area (Å²) in [7, 11) is 1.59. The van der Waals surface area contributed by atoms with E-state index < -0.39 is 11.2 Å². The molecule has 1 amide bonds. The third-order valence-electron chi connectivity index (χ3n) is 4.91. The quantitative estimate of drug-likeness (QED) is 0.526. The number of nitrogens with two attached hydrogens (primary N) is 1. The Bertz CT molecular complexity index is 1030. The molecule has 0 unspecified atom stereocenters. The smallest absolute Gasteiger partial charge is 0.330 e. The molecule has 2 rings (SSSR count). The predicted octanol–water partition coefficient (Wildman–Crippen LogP) is 3.31. The van der Waals surface area contributed by atoms with Crippen LogP contribution in [-0.4, -0.2) is 29.1 Å². The highest BCUT2D eigenvalue weighted by Crippen LogP contribution is 2.26. The van der Waals surface area contributed by atoms with Gasteiger partial charge >= 0.3 is 5.69 Å². The number of H-pyrrole nitrogens is 1. The lowest BCUT2D eigenvalue weighted by Gasteiger charge is -2.25. The lowest BCUT2D eigenvalue weighted by atomic mass is 10.1. The zero-order valence-electron chi connectivity index (χ0n) is 18.5. The Labute approximate surface area is 190 Å². The van der Waals surface area contributed by atoms with Crippen molar-refractivity contribution in [1.82, 2.24) is 9.55 Å². The van der Waals surface area contributed by atoms with Gasteiger partial charge in [0.2, 0.25) is 5.91 Å². The van der Waals surface area contributed by atoms with E-state index in [1.54, 1.807) is 7.11 Å². The van der Waals surface area contributed by atoms with Gasteiger partial charge in [0.05, 0.1) is 11.6 Å². The van der Waals surface area contributed by atoms with Gasteiger partial charge in [-0.25, -0.2) is 4.79 Å². The second kappa shape index (κ2) is 11.2. The number of aromatic nitrogens is 2. The van der Waals surface area contributed by atoms with E-state index >= 15 is 0 Å². The van der Waals surface area contributed by atoms with Gasteiger partial charge in [-0.3, -0.25) is 19.1 Å². The molecule has 1 aromatic carbocycles. The summed E-state index contributed by atoms with van der Waals surface area (Å²) in [6, 6.07) is 5.65. The predicted molar refractivity (Wildman–Crippen MR) is 127 cm³/mol. The number of amides is 1. The summed E-state index contributed by atoms with van der Waals surface area (Å²) in [4.78, 5) is 41.8. The fourth-order valence-corrected chi connectivity index (χ4v) is 3.90. The maximum absolute atomic E-state index is 13.1. The van der Waals surface area contributed by atoms with Crippen molar-refractivity contribution in [2.45, 2.75) is 53.0 Å². The van der Waals surface area contributed by atoms with Crippen molar-refractivity contribution in [2.24, 2.45) is 5.92 Å². The van der Waals surface area contributed by atoms with Crippen molar-refractivity contribution in [2.75, 3.05) is 24.3 Å². The zero-order chi connectivity index (χ0) is 23.1. The molecule has 0 saturated heterocycles. The number of hydrogen-bond donors (Lipinski definition) is 2. The molecule has 0 fully saturated rings. The number of carbonyl (C=O) groups excluding carboxylic acids is 1. The largest absolute Gasteiger partial charge is 0.496 e. The van der Waals surface area contributed by atoms with Crippen LogP contribution in [0, 0.1) is 5.92 Å². The van der Waals surface area contributed by atoms with Crippen LogP contribution in [-0.2, 0) is 17.8 Å². The van der Waals surface area contributed by atoms with Crippen molar-refractivity contribution in [1.29, 1.82) is 0 Å². The molecular weight excluding hydrogens is 464 g/mol. The Balaban J connectivity index is 2.34. The molecule has 0 saturated carbocycles. The number of unbranched alkanes of at least 4 members (excludes halogenated alkanes) is 1. The number of aromatic amines is 1. The normalized spacial score (nSPS) is 11.0. The molecule has 9 heteroatoms. The number of hydrogen-bond acceptors (Lipinski definition) is 5. The van der Waals surface area contributed by atoms with Crippen LogP contribution in [0.25, 0.3) is 0 Å². The average molecular weight is 495 g/mol. The highest BCUT2D eigenvalue weighted by molar-refractivity contribution is 9.10. The molecule has 0 atom stereocenters. The summed E-state index contributed by atoms with van der Waals surface area (Å²) >= 11 is 3.45. The molecule has 8 nitrogen and oxygen atoms in total. The first-order chi connectivity index (χ1) is 14.7. The van der Waals surface area contributed by atoms with Crippen molar-refractivity contribution in [3.05, 3.63) is 49.1 Å². The Morgan fingerprint density at radius 1 is 1.32 bits per heavy atom. The molecule has 1 aromatic heterocycles. The van der Waals surface area contributed by atoms with Crippen LogP contribution in [0.2, 0.25) is 0 Å². The van der Waals surface area contributed by atoms with E-state index in [4.69, 9.17) is 10.5 Å². The minimum atomic E-state index is -0.640. The Morgan fingerprint density at radius 3 is 2.61 bits per heavy atom. The van der Waals surface area contributed by atoms with Crippen molar-refractivity contribution >= 4 is 33.3 Å². The van der Waals surface area contributed by atoms with Crippen LogP contribution in [0.5, 0.6) is 5.75 Å². The summed E-state index contributed by atoms with van der Waals surface area (Å²) in [5, 5.41) is 0. The summed E-state index contributed by atoms with van der Waals surface area (Å²) in [6.07, 6.45) is 2.25. The van der Waals surface area contributed by atoms with Crippen molar-refractivity contribution in [3.8, 4) is 5.75 Å². The lowest BCUT2D eigenvalue weighted by Crippen LogP contribution is -2.42. The second-order valence-corrected chi connectivity index (χ2v) is 8.72. The fourth-order valence-electron chi connectivity index (χ4n) is 3.31. The number of rotatable bonds is 10. The van der Waals surface area contributed by atoms with Gasteiger partial charge in [-0.15, -0.1) is 0 Å². The first-order valence-corrected chi connectivity index (χ1v) is 11.2. The summed E-state index contributed by atoms with van der Waals surface area (Å²) in [5.74, 6) is 0.671. The molecule has 0 aliphatic heterocycles. The van der Waals surface area contributed by atoms with Crippen LogP contribution in [0.3, 0.4) is 0 Å². The first kappa shape index (κ1) is 24.7. The van der Waals surface area contributed by atoms with E-state index in [9.17, 15) is 14.4 Å². The molecule has 31 heavy (non-hydrogen) atoms. The molecule has 170 valence electrons. The lowest BCUT2D eigenvalue weighted by molar-refractivity contribution is -0.118. The molecule has 2 aromatic rings. The van der Waals surface area contributed by atoms with Gasteiger partial charge in [0.15, 0.2) is 5.69 Å². The maximum Gasteiger partial charge on any atom is 0.330 e. The third-order valence-corrected chi connectivity index (χ3v) is 5.53. The Hall–Kier alpha value is -2.55. The summed E-state index contributed by atoms with van der Waals surface area (Å²) in [5.41, 5.74) is 6.04. The van der Waals surface area contributed by atoms with Gasteiger partial charge in [-0.05, 0) is 52.4 Å². The van der Waals surface area contributed by atoms with E-state index in [2.05, 4.69) is 20.9 Å². The molecule has 1 heterocycles. The maximum atomic E-state index is 13.1. The number of benzene rings is 1. The van der Waals surface area contributed by atoms with Crippen LogP contribution in [0.1, 0.15) is 45.6 Å². The summed E-state index contributed by atoms with van der Waals surface area (Å²) in [6.45, 7) is 6.61. The second-order valence-electron chi connectivity index (χ2n) is 7.87. The van der Waals surface area contributed by atoms with Crippen LogP contribution in [0.4, 0.5) is 11.5 Å². The van der Waals surface area contributed by atoms with E-state index in [0.717, 1.165) is 16.5 Å². The monoisotopic (exact) mass is 494 g/mol. The third kappa shape index (κ3) is 6.22. The van der Waals surface area contributed by atoms with E-state index in [1.807, 2.05) is 39.0 Å². The highest BCUT2D eigenvalue weighted by Gasteiger charge is 2.24. The fraction of sp³-hybridized carbons (Fsp3) is 0.500. The van der Waals surface area contributed by atoms with E-state index in [-0.39, 0.29) is 29.8 Å². The molecular formula is C22H31BrN4O4. The van der Waals surface area contributed by atoms with E-state index in [1.165, 1.54) is 9.47 Å². The number of nitrogens with zero attached hydrogens (tertiary/aromatic N) is 2. The number of anilines is 2. The molecule has 0 bridgehead atoms. The standard InChI is InChI=1S/C22H31BrN4O4/c1-5-6-11-26(18(28)10-8-15-7-9-17(31-4)16(23)12-15)19-20(24)27(13-14(2)3)22(30)25-21(19)29/h7,9,12,14H,5-6,8,10-11,13,24H2,1-4H3,(H,25,29,30). The molecule has 0 spiro atoms. The number of carbonyl (C=O) groups is 1. The molecule has 0 aliphatic rings. The minimum Gasteiger partial charge on any atom is -0.496 e. The van der Waals surface area contributed by atoms with Gasteiger partial charge in [0.25, 0.3) is 5.56 Å². The van der Waals surface area contributed by atoms with Crippen LogP contribution < -0.4 is 26.6 Å². The van der Waals surface area contributed by atoms with Crippen molar-refractivity contribution in [3.63, 3.8) is 0 Å². The zero-order valence-corrected chi connectivity index (χ0v) is 20.1. The van der Waals surface area contributed by atoms with Gasteiger partial charge in [0.1, 0.15) is 11.6 Å². The Kier molecular flexibility index (Phi) is 8.91. The minimum absolute atomic E-state index is 0.0269. The number of methoxy groups -OCH3 is 1. The molecule has 3 N–H and O–H groups in total. The topological polar surface area (TPSA) is 110 Å². The molecule has 0 radical (unpaired) electrons. The number of halogens is 1. The van der Waals surface area contributed by atoms with Gasteiger partial charge in [-0.2, -0.15) is 0 Å². The average Bonchev–Trinajstić information content (AvgIpc) is 2.71. The van der Waals surface area contributed by atoms with Crippen molar-refractivity contribution < 1.29 is 9.53 Å². The van der Waals surface area contributed by atoms with Crippen LogP contribution in [0.15, 0.2) is 32.3 Å². The van der Waals surface area contributed by atoms with Gasteiger partial charge in [-0.1, -0.05) is 33.3 Å². The number of nitrogens with one attached hydrogen (secondary N) is 1. The highest BCUT2D eigenvalue weighted by atomic mass is 79.9. The number of nitrogen functional groups attached to an aromatic ring is 1. The molecule has 0 aliphatic carbocycles. The van der Waals surface area contributed by atoms with E-state index in [0.29, 0.717) is 31.7 Å². The van der Waals surface area contributed by atoms with Crippen LogP contribution >= 0.6 is 15.9 Å². The first-order valence-electron chi connectivity index (χ1n) is 10.4.